The van der Waals surface area contributed by atoms with Crippen LogP contribution >= 0.6 is 58.2 Å². The minimum Gasteiger partial charge on any atom is -0.292 e. The minimum absolute atomic E-state index is 0.418. The summed E-state index contributed by atoms with van der Waals surface area (Å²) < 4.78 is 0. The highest BCUT2D eigenvalue weighted by Crippen LogP contribution is 2.10. The molecule has 0 bridgehead atoms. The van der Waals surface area contributed by atoms with E-state index in [9.17, 15) is 9.59 Å². The first kappa shape index (κ1) is 15.3. The third-order valence-corrected chi connectivity index (χ3v) is 2.50. The Morgan fingerprint density at radius 1 is 0.867 bits per heavy atom. The highest BCUT2D eigenvalue weighted by molar-refractivity contribution is 8.04. The van der Waals surface area contributed by atoms with Crippen LogP contribution in [0.1, 0.15) is 0 Å². The predicted molar refractivity (Wildman–Crippen MR) is 66.9 cm³/mol. The Morgan fingerprint density at radius 2 is 1.20 bits per heavy atom. The van der Waals surface area contributed by atoms with Gasteiger partial charge < -0.3 is 0 Å². The van der Waals surface area contributed by atoms with E-state index >= 15 is 0 Å². The van der Waals surface area contributed by atoms with Crippen molar-refractivity contribution < 1.29 is 9.59 Å². The van der Waals surface area contributed by atoms with Gasteiger partial charge in [-0.3, -0.25) is 9.59 Å². The maximum atomic E-state index is 10.9. The summed E-state index contributed by atoms with van der Waals surface area (Å²) in [6, 6.07) is 0. The lowest BCUT2D eigenvalue weighted by atomic mass is 10.4. The van der Waals surface area contributed by atoms with Crippen molar-refractivity contribution in [3.8, 4) is 0 Å². The fraction of sp³-hybridized carbons (Fsp3) is 0.250. The predicted octanol–water partition coefficient (Wildman–Crippen LogP) is 3.49. The molecule has 0 rings (SSSR count). The van der Waals surface area contributed by atoms with Crippen LogP contribution in [0.4, 0.5) is 0 Å². The minimum atomic E-state index is -1.07. The van der Waals surface area contributed by atoms with Gasteiger partial charge in [0.2, 0.25) is 0 Å². The number of halogens is 4. The molecular weight excluding hydrogens is 302 g/mol. The topological polar surface area (TPSA) is 34.1 Å². The fourth-order valence-corrected chi connectivity index (χ4v) is 1.21. The highest BCUT2D eigenvalue weighted by atomic mass is 35.5. The summed E-state index contributed by atoms with van der Waals surface area (Å²) in [6.07, 6.45) is 2.42. The van der Waals surface area contributed by atoms with Crippen molar-refractivity contribution in [2.24, 2.45) is 0 Å². The number of ketones is 2. The molecule has 0 amide bonds. The Labute approximate surface area is 112 Å². The molecule has 0 aliphatic heterocycles. The molecule has 0 aromatic heterocycles. The summed E-state index contributed by atoms with van der Waals surface area (Å²) in [7, 11) is 0. The molecule has 0 fully saturated rings. The van der Waals surface area contributed by atoms with Gasteiger partial charge in [0.15, 0.2) is 21.2 Å². The van der Waals surface area contributed by atoms with Gasteiger partial charge in [0, 0.05) is 0 Å². The maximum Gasteiger partial charge on any atom is 0.189 e. The van der Waals surface area contributed by atoms with Gasteiger partial charge in [0.05, 0.1) is 0 Å². The molecule has 0 aromatic carbocycles. The first-order valence-electron chi connectivity index (χ1n) is 3.57. The van der Waals surface area contributed by atoms with Crippen molar-refractivity contribution in [3.05, 3.63) is 23.0 Å². The molecule has 0 saturated heterocycles. The molecule has 0 heterocycles. The summed E-state index contributed by atoms with van der Waals surface area (Å²) in [6.45, 7) is 0. The molecule has 0 aromatic rings. The molecule has 84 valence electrons. The van der Waals surface area contributed by atoms with Crippen molar-refractivity contribution in [1.82, 2.24) is 0 Å². The molecule has 0 unspecified atom stereocenters. The number of alkyl halides is 4. The largest absolute Gasteiger partial charge is 0.292 e. The number of carbonyl (C=O) groups is 2. The number of carbonyl (C=O) groups excluding carboxylic acids is 2. The van der Waals surface area contributed by atoms with E-state index in [0.717, 1.165) is 11.8 Å². The molecule has 0 radical (unpaired) electrons. The summed E-state index contributed by atoms with van der Waals surface area (Å²) in [5, 5.41) is 2.89. The SMILES string of the molecule is O=C(C=CSC=CC(=O)C(Cl)Cl)C(Cl)Cl. The first-order chi connectivity index (χ1) is 6.95. The van der Waals surface area contributed by atoms with Crippen LogP contribution in [0.5, 0.6) is 0 Å². The molecule has 0 aliphatic carbocycles. The number of hydrogen-bond acceptors (Lipinski definition) is 3. The third kappa shape index (κ3) is 8.17. The lowest BCUT2D eigenvalue weighted by Gasteiger charge is -1.92. The smallest absolute Gasteiger partial charge is 0.189 e. The second-order valence-electron chi connectivity index (χ2n) is 2.15. The standard InChI is InChI=1S/C8H6Cl4O2S/c9-7(10)5(13)1-3-15-4-2-6(14)8(11)12/h1-4,7-8H. The molecule has 0 atom stereocenters. The Morgan fingerprint density at radius 3 is 1.47 bits per heavy atom. The van der Waals surface area contributed by atoms with Gasteiger partial charge in [-0.15, -0.1) is 11.8 Å². The van der Waals surface area contributed by atoms with Gasteiger partial charge in [-0.2, -0.15) is 0 Å². The van der Waals surface area contributed by atoms with Gasteiger partial charge in [0.25, 0.3) is 0 Å². The van der Waals surface area contributed by atoms with Gasteiger partial charge in [-0.1, -0.05) is 46.4 Å². The van der Waals surface area contributed by atoms with Crippen molar-refractivity contribution in [2.75, 3.05) is 0 Å². The van der Waals surface area contributed by atoms with Crippen molar-refractivity contribution in [1.29, 1.82) is 0 Å². The molecule has 2 nitrogen and oxygen atoms in total. The Hall–Kier alpha value is 0.330. The highest BCUT2D eigenvalue weighted by Gasteiger charge is 2.07. The van der Waals surface area contributed by atoms with E-state index in [4.69, 9.17) is 46.4 Å². The Kier molecular flexibility index (Phi) is 8.66. The van der Waals surface area contributed by atoms with Crippen LogP contribution in [0, 0.1) is 0 Å². The van der Waals surface area contributed by atoms with Crippen LogP contribution in [0.3, 0.4) is 0 Å². The van der Waals surface area contributed by atoms with Crippen molar-refractivity contribution in [3.63, 3.8) is 0 Å². The van der Waals surface area contributed by atoms with Gasteiger partial charge in [-0.25, -0.2) is 0 Å². The second kappa shape index (κ2) is 8.48. The third-order valence-electron chi connectivity index (χ3n) is 1.05. The number of thioether (sulfide) groups is 1. The van der Waals surface area contributed by atoms with E-state index in [-0.39, 0.29) is 0 Å². The van der Waals surface area contributed by atoms with Crippen LogP contribution in [0.25, 0.3) is 0 Å². The van der Waals surface area contributed by atoms with Crippen molar-refractivity contribution >= 4 is 69.7 Å². The van der Waals surface area contributed by atoms with E-state index in [1.54, 1.807) is 0 Å². The first-order valence-corrected chi connectivity index (χ1v) is 6.26. The van der Waals surface area contributed by atoms with E-state index in [0.29, 0.717) is 0 Å². The van der Waals surface area contributed by atoms with Gasteiger partial charge >= 0.3 is 0 Å². The quantitative estimate of drug-likeness (QED) is 0.556. The van der Waals surface area contributed by atoms with E-state index in [2.05, 4.69) is 0 Å². The van der Waals surface area contributed by atoms with Gasteiger partial charge in [0.1, 0.15) is 0 Å². The number of hydrogen-bond donors (Lipinski definition) is 0. The summed E-state index contributed by atoms with van der Waals surface area (Å²) in [4.78, 5) is 19.6. The lowest BCUT2D eigenvalue weighted by Crippen LogP contribution is -2.02. The summed E-state index contributed by atoms with van der Waals surface area (Å²) >= 11 is 22.2. The normalized spacial score (nSPS) is 12.1. The molecule has 7 heteroatoms. The zero-order valence-corrected chi connectivity index (χ0v) is 11.0. The van der Waals surface area contributed by atoms with Crippen LogP contribution in [0.2, 0.25) is 0 Å². The molecule has 0 N–H and O–H groups in total. The van der Waals surface area contributed by atoms with Crippen LogP contribution < -0.4 is 0 Å². The second-order valence-corrected chi connectivity index (χ2v) is 5.16. The fourth-order valence-electron chi connectivity index (χ4n) is 0.404. The van der Waals surface area contributed by atoms with Crippen LogP contribution in [0.15, 0.2) is 23.0 Å². The monoisotopic (exact) mass is 306 g/mol. The molecular formula is C8H6Cl4O2S. The Balaban J connectivity index is 3.89. The van der Waals surface area contributed by atoms with E-state index in [1.807, 2.05) is 0 Å². The average molecular weight is 308 g/mol. The summed E-state index contributed by atoms with van der Waals surface area (Å²) in [5.74, 6) is -0.837. The molecule has 15 heavy (non-hydrogen) atoms. The summed E-state index contributed by atoms with van der Waals surface area (Å²) in [5.41, 5.74) is 0. The molecule has 0 spiro atoms. The number of rotatable bonds is 6. The average Bonchev–Trinajstić information content (AvgIpc) is 2.16. The molecule has 0 aliphatic rings. The van der Waals surface area contributed by atoms with Crippen LogP contribution in [-0.2, 0) is 9.59 Å². The van der Waals surface area contributed by atoms with Gasteiger partial charge in [-0.05, 0) is 23.0 Å². The Bertz CT molecular complexity index is 258. The lowest BCUT2D eigenvalue weighted by molar-refractivity contribution is -0.113. The molecule has 0 saturated carbocycles. The maximum absolute atomic E-state index is 10.9. The van der Waals surface area contributed by atoms with E-state index < -0.39 is 21.2 Å². The zero-order chi connectivity index (χ0) is 11.8. The van der Waals surface area contributed by atoms with E-state index in [1.165, 1.54) is 23.0 Å². The van der Waals surface area contributed by atoms with Crippen molar-refractivity contribution in [2.45, 2.75) is 9.67 Å². The number of allylic oxidation sites excluding steroid dienone is 2. The zero-order valence-electron chi connectivity index (χ0n) is 7.20. The van der Waals surface area contributed by atoms with Crippen LogP contribution in [-0.4, -0.2) is 21.2 Å².